The van der Waals surface area contributed by atoms with Crippen LogP contribution in [0.2, 0.25) is 0 Å². The number of allylic oxidation sites excluding steroid dienone is 1. The van der Waals surface area contributed by atoms with Gasteiger partial charge in [0.1, 0.15) is 0 Å². The summed E-state index contributed by atoms with van der Waals surface area (Å²) in [4.78, 5) is 2.41. The van der Waals surface area contributed by atoms with Gasteiger partial charge in [-0.15, -0.1) is 0 Å². The Morgan fingerprint density at radius 3 is 1.93 bits per heavy atom. The highest BCUT2D eigenvalue weighted by Gasteiger charge is 2.56. The molecule has 0 aromatic heterocycles. The van der Waals surface area contributed by atoms with E-state index in [9.17, 15) is 0 Å². The van der Waals surface area contributed by atoms with E-state index >= 15 is 0 Å². The predicted molar refractivity (Wildman–Crippen MR) is 251 cm³/mol. The average Bonchev–Trinajstić information content (AvgIpc) is 4.05. The summed E-state index contributed by atoms with van der Waals surface area (Å²) < 4.78 is 0. The minimum atomic E-state index is -0.0935. The van der Waals surface area contributed by atoms with E-state index in [1.807, 2.05) is 0 Å². The van der Waals surface area contributed by atoms with E-state index in [0.29, 0.717) is 0 Å². The molecular weight excluding hydrogens is 723 g/mol. The lowest BCUT2D eigenvalue weighted by Crippen LogP contribution is -2.33. The summed E-state index contributed by atoms with van der Waals surface area (Å²) in [6.45, 7) is 9.42. The first kappa shape index (κ1) is 36.0. The predicted octanol–water partition coefficient (Wildman–Crippen LogP) is 15.9. The Morgan fingerprint density at radius 2 is 1.20 bits per heavy atom. The highest BCUT2D eigenvalue weighted by Crippen LogP contribution is 2.66. The fraction of sp³-hybridized carbons (Fsp3) is 0.254. The number of anilines is 3. The van der Waals surface area contributed by atoms with E-state index in [4.69, 9.17) is 6.58 Å². The molecule has 5 atom stereocenters. The van der Waals surface area contributed by atoms with Gasteiger partial charge in [0.25, 0.3) is 0 Å². The molecule has 0 aliphatic heterocycles. The van der Waals surface area contributed by atoms with Gasteiger partial charge in [-0.05, 0) is 184 Å². The van der Waals surface area contributed by atoms with Crippen molar-refractivity contribution in [2.24, 2.45) is 17.8 Å². The Kier molecular flexibility index (Phi) is 8.12. The maximum atomic E-state index is 4.80. The molecule has 0 N–H and O–H groups in total. The van der Waals surface area contributed by atoms with Gasteiger partial charge in [0.05, 0.1) is 0 Å². The molecule has 5 unspecified atom stereocenters. The Labute approximate surface area is 356 Å². The van der Waals surface area contributed by atoms with Gasteiger partial charge in [0.2, 0.25) is 0 Å². The third-order valence-electron chi connectivity index (χ3n) is 16.1. The van der Waals surface area contributed by atoms with E-state index < -0.39 is 0 Å². The van der Waals surface area contributed by atoms with Gasteiger partial charge in [-0.1, -0.05) is 141 Å². The van der Waals surface area contributed by atoms with Crippen molar-refractivity contribution >= 4 is 17.1 Å². The van der Waals surface area contributed by atoms with Crippen LogP contribution in [0, 0.1) is 24.7 Å². The van der Waals surface area contributed by atoms with E-state index in [1.54, 1.807) is 11.1 Å². The van der Waals surface area contributed by atoms with Gasteiger partial charge in [-0.25, -0.2) is 0 Å². The molecule has 5 aliphatic rings. The molecule has 2 bridgehead atoms. The molecule has 0 radical (unpaired) electrons. The van der Waals surface area contributed by atoms with Crippen molar-refractivity contribution in [3.63, 3.8) is 0 Å². The number of benzene rings is 7. The van der Waals surface area contributed by atoms with Gasteiger partial charge in [0.15, 0.2) is 0 Å². The molecule has 0 saturated heterocycles. The van der Waals surface area contributed by atoms with Crippen molar-refractivity contribution in [1.29, 1.82) is 0 Å². The molecule has 294 valence electrons. The van der Waals surface area contributed by atoms with E-state index in [0.717, 1.165) is 42.0 Å². The van der Waals surface area contributed by atoms with Crippen LogP contribution in [0.4, 0.5) is 17.1 Å². The summed E-state index contributed by atoms with van der Waals surface area (Å²) in [6.07, 6.45) is 10.2. The van der Waals surface area contributed by atoms with Crippen LogP contribution in [-0.4, -0.2) is 0 Å². The monoisotopic (exact) mass is 775 g/mol. The molecule has 12 rings (SSSR count). The molecule has 3 fully saturated rings. The number of hydrogen-bond acceptors (Lipinski definition) is 1. The van der Waals surface area contributed by atoms with Crippen molar-refractivity contribution < 1.29 is 0 Å². The molecule has 0 amide bonds. The largest absolute Gasteiger partial charge is 0.310 e. The maximum Gasteiger partial charge on any atom is 0.0464 e. The quantitative estimate of drug-likeness (QED) is 0.152. The lowest BCUT2D eigenvalue weighted by atomic mass is 9.62. The molecule has 7 aromatic carbocycles. The topological polar surface area (TPSA) is 3.24 Å². The van der Waals surface area contributed by atoms with Crippen LogP contribution in [0.5, 0.6) is 0 Å². The van der Waals surface area contributed by atoms with Crippen molar-refractivity contribution in [2.75, 3.05) is 4.90 Å². The first-order valence-electron chi connectivity index (χ1n) is 22.7. The van der Waals surface area contributed by atoms with Crippen LogP contribution < -0.4 is 4.90 Å². The summed E-state index contributed by atoms with van der Waals surface area (Å²) >= 11 is 0. The molecule has 1 nitrogen and oxygen atoms in total. The molecule has 1 heteroatoms. The zero-order valence-electron chi connectivity index (χ0n) is 35.1. The Bertz CT molecular complexity index is 2840. The van der Waals surface area contributed by atoms with Crippen molar-refractivity contribution in [1.82, 2.24) is 0 Å². The lowest BCUT2D eigenvalue weighted by Gasteiger charge is -2.41. The van der Waals surface area contributed by atoms with Crippen LogP contribution in [0.3, 0.4) is 0 Å². The second kappa shape index (κ2) is 13.5. The van der Waals surface area contributed by atoms with Crippen LogP contribution in [0.25, 0.3) is 44.5 Å². The molecule has 0 heterocycles. The SMILES string of the molecule is C=C1CC(CC)CCC12c1ccccc1-c1ccc(-c3ccc(N(c4ccccc4)c4ccc(-c5ccc6c(c5)-c5ccccc5C65CC6CCC5C6)c(C)c4)cc3)cc12. The minimum Gasteiger partial charge on any atom is -0.310 e. The number of nitrogens with zero attached hydrogens (tertiary/aromatic N) is 1. The van der Waals surface area contributed by atoms with E-state index in [1.165, 1.54) is 111 Å². The summed E-state index contributed by atoms with van der Waals surface area (Å²) in [5.41, 5.74) is 23.2. The number of aryl methyl sites for hydroxylation is 1. The smallest absolute Gasteiger partial charge is 0.0464 e. The van der Waals surface area contributed by atoms with Crippen molar-refractivity contribution in [3.8, 4) is 44.5 Å². The Balaban J connectivity index is 0.887. The molecule has 7 aromatic rings. The van der Waals surface area contributed by atoms with Crippen LogP contribution in [0.15, 0.2) is 170 Å². The van der Waals surface area contributed by atoms with Crippen LogP contribution in [-0.2, 0) is 10.8 Å². The number of hydrogen-bond donors (Lipinski definition) is 0. The lowest BCUT2D eigenvalue weighted by molar-refractivity contribution is 0.327. The van der Waals surface area contributed by atoms with Crippen LogP contribution >= 0.6 is 0 Å². The normalized spacial score (nSPS) is 24.1. The van der Waals surface area contributed by atoms with Gasteiger partial charge in [0, 0.05) is 27.9 Å². The van der Waals surface area contributed by atoms with Crippen LogP contribution in [0.1, 0.15) is 86.1 Å². The molecule has 3 saturated carbocycles. The van der Waals surface area contributed by atoms with Gasteiger partial charge in [-0.2, -0.15) is 0 Å². The summed E-state index contributed by atoms with van der Waals surface area (Å²) in [7, 11) is 0. The number of fused-ring (bicyclic) bond motifs is 13. The summed E-state index contributed by atoms with van der Waals surface area (Å²) in [5.74, 6) is 2.40. The van der Waals surface area contributed by atoms with E-state index in [2.05, 4.69) is 176 Å². The van der Waals surface area contributed by atoms with Crippen molar-refractivity contribution in [3.05, 3.63) is 198 Å². The van der Waals surface area contributed by atoms with Crippen molar-refractivity contribution in [2.45, 2.75) is 76.0 Å². The van der Waals surface area contributed by atoms with Gasteiger partial charge >= 0.3 is 0 Å². The second-order valence-corrected chi connectivity index (χ2v) is 18.9. The summed E-state index contributed by atoms with van der Waals surface area (Å²) in [6, 6.07) is 60.2. The Hall–Kier alpha value is -5.92. The highest BCUT2D eigenvalue weighted by atomic mass is 15.1. The van der Waals surface area contributed by atoms with Gasteiger partial charge in [-0.3, -0.25) is 0 Å². The zero-order valence-corrected chi connectivity index (χ0v) is 35.1. The number of rotatable bonds is 6. The zero-order chi connectivity index (χ0) is 40.2. The van der Waals surface area contributed by atoms with Gasteiger partial charge < -0.3 is 4.90 Å². The Morgan fingerprint density at radius 1 is 0.550 bits per heavy atom. The fourth-order valence-corrected chi connectivity index (χ4v) is 13.3. The standard InChI is InChI=1S/C59H53N/c1-4-40-30-31-58(39(3)33-40)54-16-10-8-14-50(54)52-27-21-43(36-57(52)58)42-19-24-47(25-20-42)60(46-12-6-5-7-13-46)48-26-28-49(38(2)32-48)44-22-29-56-53(35-44)51-15-9-11-17-55(51)59(56)37-41-18-23-45(59)34-41/h5-17,19-22,24-29,32,35-36,40-41,45H,3-4,18,23,30-31,33-34,37H2,1-2H3. The molecule has 2 spiro atoms. The second-order valence-electron chi connectivity index (χ2n) is 18.9. The summed E-state index contributed by atoms with van der Waals surface area (Å²) in [5, 5.41) is 0. The number of para-hydroxylation sites is 1. The molecular formula is C59H53N. The minimum absolute atomic E-state index is 0.0935. The molecule has 60 heavy (non-hydrogen) atoms. The maximum absolute atomic E-state index is 4.80. The first-order chi connectivity index (χ1) is 29.5. The fourth-order valence-electron chi connectivity index (χ4n) is 13.3. The van der Waals surface area contributed by atoms with E-state index in [-0.39, 0.29) is 10.8 Å². The average molecular weight is 776 g/mol. The third-order valence-corrected chi connectivity index (χ3v) is 16.1. The highest BCUT2D eigenvalue weighted by molar-refractivity contribution is 5.88. The first-order valence-corrected chi connectivity index (χ1v) is 22.7. The third kappa shape index (κ3) is 5.11. The molecule has 5 aliphatic carbocycles.